The van der Waals surface area contributed by atoms with Gasteiger partial charge in [-0.1, -0.05) is 94.4 Å². The molecule has 4 heterocycles. The fraction of sp³-hybridized carbons (Fsp3) is 0.488. The average molecular weight is 706 g/mol. The van der Waals surface area contributed by atoms with Crippen LogP contribution in [0.2, 0.25) is 0 Å². The minimum absolute atomic E-state index is 0.118. The summed E-state index contributed by atoms with van der Waals surface area (Å²) in [5.41, 5.74) is 18.5. The third-order valence-electron chi connectivity index (χ3n) is 10.7. The Balaban J connectivity index is 1.26. The molecular weight excluding hydrogens is 652 g/mol. The molecular formula is C43H53N4O5+. The summed E-state index contributed by atoms with van der Waals surface area (Å²) in [6.45, 7) is 4.95. The number of nitrogens with one attached hydrogen (secondary N) is 1. The molecule has 7 N–H and O–H groups in total. The number of benzene rings is 2. The number of ether oxygens (including phenoxy) is 2. The molecule has 2 bridgehead atoms. The highest BCUT2D eigenvalue weighted by Gasteiger charge is 2.40. The molecule has 4 aliphatic heterocycles. The van der Waals surface area contributed by atoms with Gasteiger partial charge in [0.05, 0.1) is 12.3 Å². The lowest BCUT2D eigenvalue weighted by atomic mass is 9.86. The van der Waals surface area contributed by atoms with Gasteiger partial charge in [-0.05, 0) is 65.6 Å². The first-order chi connectivity index (χ1) is 25.2. The van der Waals surface area contributed by atoms with Crippen LogP contribution < -0.4 is 25.8 Å². The van der Waals surface area contributed by atoms with E-state index in [4.69, 9.17) is 25.9 Å². The number of ketones is 1. The lowest BCUT2D eigenvalue weighted by Gasteiger charge is -2.28. The standard InChI is InChI=1S/C43H52N4O5/c1-3-5-7-11-34(37(48)12-8-6-4-2)39(50)18-13-28-14-20-40-41(22-28)52-43-29(10-9-21-51-40)16-19-38(49)33-17-15-30(42(44)45)23-31(33)24-32-25-46-36-27-47(43)26-35(32)36/h14-15,17,20,22-23,25,27,29,34,37-38,42-43,48-49H,3-8,10-13,18,24,26,44-45H2,1-2H3/p+1. The summed E-state index contributed by atoms with van der Waals surface area (Å²) >= 11 is 0. The Kier molecular flexibility index (Phi) is 12.7. The number of quaternary nitrogens is 1. The van der Waals surface area contributed by atoms with Gasteiger partial charge < -0.3 is 31.2 Å². The number of aliphatic imine (C=N–C) groups is 1. The van der Waals surface area contributed by atoms with Crippen LogP contribution in [0.4, 0.5) is 0 Å². The second kappa shape index (κ2) is 17.5. The van der Waals surface area contributed by atoms with E-state index in [1.165, 1.54) is 0 Å². The van der Waals surface area contributed by atoms with Gasteiger partial charge in [-0.3, -0.25) is 14.7 Å². The van der Waals surface area contributed by atoms with Crippen LogP contribution in [0, 0.1) is 35.7 Å². The van der Waals surface area contributed by atoms with Gasteiger partial charge in [0.2, 0.25) is 0 Å². The van der Waals surface area contributed by atoms with Gasteiger partial charge in [-0.15, -0.1) is 0 Å². The predicted octanol–water partition coefficient (Wildman–Crippen LogP) is 4.72. The average Bonchev–Trinajstić information content (AvgIpc) is 3.74. The quantitative estimate of drug-likeness (QED) is 0.109. The van der Waals surface area contributed by atoms with E-state index in [1.807, 2.05) is 42.6 Å². The van der Waals surface area contributed by atoms with Crippen molar-refractivity contribution in [2.45, 2.75) is 115 Å². The van der Waals surface area contributed by atoms with Crippen molar-refractivity contribution in [1.82, 2.24) is 0 Å². The summed E-state index contributed by atoms with van der Waals surface area (Å²) in [4.78, 5) is 19.4. The highest BCUT2D eigenvalue weighted by atomic mass is 16.5. The van der Waals surface area contributed by atoms with Crippen molar-refractivity contribution >= 4 is 12.0 Å². The zero-order valence-electron chi connectivity index (χ0n) is 30.5. The normalized spacial score (nSPS) is 22.6. The highest BCUT2D eigenvalue weighted by molar-refractivity contribution is 5.87. The molecule has 6 rings (SSSR count). The van der Waals surface area contributed by atoms with Gasteiger partial charge in [0.15, 0.2) is 11.5 Å². The minimum atomic E-state index is -1.04. The maximum Gasteiger partial charge on any atom is 0.251 e. The van der Waals surface area contributed by atoms with Crippen LogP contribution in [0.3, 0.4) is 0 Å². The molecule has 6 atom stereocenters. The largest absolute Gasteiger partial charge is 0.437 e. The molecule has 2 aromatic rings. The second-order valence-corrected chi connectivity index (χ2v) is 14.5. The summed E-state index contributed by atoms with van der Waals surface area (Å²) in [6, 6.07) is 11.4. The van der Waals surface area contributed by atoms with E-state index in [2.05, 4.69) is 43.9 Å². The number of Topliss-reactive ketones (excluding diaryl/α,β-unsaturated/α-hetero) is 1. The molecule has 0 radical (unpaired) electrons. The zero-order valence-corrected chi connectivity index (χ0v) is 30.5. The predicted molar refractivity (Wildman–Crippen MR) is 202 cm³/mol. The fourth-order valence-corrected chi connectivity index (χ4v) is 7.64. The van der Waals surface area contributed by atoms with E-state index in [0.29, 0.717) is 55.7 Å². The third-order valence-corrected chi connectivity index (χ3v) is 10.7. The van der Waals surface area contributed by atoms with Gasteiger partial charge in [0.25, 0.3) is 6.23 Å². The lowest BCUT2D eigenvalue weighted by molar-refractivity contribution is -0.889. The number of allylic oxidation sites excluding steroid dienone is 1. The molecule has 0 aromatic heterocycles. The first-order valence-corrected chi connectivity index (χ1v) is 19.1. The van der Waals surface area contributed by atoms with Crippen molar-refractivity contribution in [2.24, 2.45) is 28.3 Å². The molecule has 52 heavy (non-hydrogen) atoms. The Morgan fingerprint density at radius 1 is 1.04 bits per heavy atom. The van der Waals surface area contributed by atoms with Crippen molar-refractivity contribution in [3.8, 4) is 35.4 Å². The number of carbonyl (C=O) groups is 1. The molecule has 0 spiro atoms. The highest BCUT2D eigenvalue weighted by Crippen LogP contribution is 2.34. The summed E-state index contributed by atoms with van der Waals surface area (Å²) < 4.78 is 12.7. The van der Waals surface area contributed by atoms with Crippen molar-refractivity contribution < 1.29 is 29.4 Å². The number of aliphatic hydroxyl groups excluding tert-OH is 2. The summed E-state index contributed by atoms with van der Waals surface area (Å²) in [5.74, 6) is 10.0. The smallest absolute Gasteiger partial charge is 0.251 e. The van der Waals surface area contributed by atoms with Crippen LogP contribution in [0.25, 0.3) is 0 Å². The Morgan fingerprint density at radius 3 is 2.63 bits per heavy atom. The number of unbranched alkanes of at least 4 members (excludes halogenated alkanes) is 4. The summed E-state index contributed by atoms with van der Waals surface area (Å²) in [7, 11) is 0. The molecule has 4 aliphatic rings. The summed E-state index contributed by atoms with van der Waals surface area (Å²) in [5, 5.41) is 22.4. The Morgan fingerprint density at radius 2 is 1.85 bits per heavy atom. The third kappa shape index (κ3) is 8.86. The van der Waals surface area contributed by atoms with Crippen LogP contribution in [-0.2, 0) is 17.6 Å². The van der Waals surface area contributed by atoms with Crippen LogP contribution in [0.15, 0.2) is 64.4 Å². The Hall–Kier alpha value is -4.22. The van der Waals surface area contributed by atoms with Crippen LogP contribution in [0.5, 0.6) is 11.5 Å². The van der Waals surface area contributed by atoms with Gasteiger partial charge in [-0.25, -0.2) is 0 Å². The van der Waals surface area contributed by atoms with Crippen molar-refractivity contribution in [1.29, 1.82) is 0 Å². The number of carbonyl (C=O) groups excluding carboxylic acids is 1. The first kappa shape index (κ1) is 37.5. The maximum absolute atomic E-state index is 13.6. The van der Waals surface area contributed by atoms with E-state index in [9.17, 15) is 15.0 Å². The zero-order chi connectivity index (χ0) is 36.6. The topological polar surface area (TPSA) is 145 Å². The van der Waals surface area contributed by atoms with Crippen LogP contribution in [-0.4, -0.2) is 41.1 Å². The number of hydrogen-bond donors (Lipinski definition) is 5. The molecule has 0 aliphatic carbocycles. The van der Waals surface area contributed by atoms with E-state index < -0.39 is 24.6 Å². The fourth-order valence-electron chi connectivity index (χ4n) is 7.64. The first-order valence-electron chi connectivity index (χ1n) is 19.1. The monoisotopic (exact) mass is 705 g/mol. The van der Waals surface area contributed by atoms with Gasteiger partial charge in [0, 0.05) is 30.5 Å². The molecule has 274 valence electrons. The second-order valence-electron chi connectivity index (χ2n) is 14.5. The number of aliphatic hydroxyl groups is 2. The molecule has 2 aromatic carbocycles. The van der Waals surface area contributed by atoms with Gasteiger partial charge in [0.1, 0.15) is 42.4 Å². The molecule has 0 saturated carbocycles. The Bertz CT molecular complexity index is 1840. The minimum Gasteiger partial charge on any atom is -0.437 e. The number of rotatable bonds is 14. The van der Waals surface area contributed by atoms with Gasteiger partial charge in [-0.2, -0.15) is 0 Å². The number of nitrogens with zero attached hydrogens (tertiary/aromatic N) is 1. The van der Waals surface area contributed by atoms with E-state index >= 15 is 0 Å². The van der Waals surface area contributed by atoms with E-state index in [-0.39, 0.29) is 17.6 Å². The number of fused-ring (bicyclic) bond motifs is 5. The molecule has 0 saturated heterocycles. The van der Waals surface area contributed by atoms with E-state index in [0.717, 1.165) is 83.4 Å². The molecule has 9 nitrogen and oxygen atoms in total. The Labute approximate surface area is 308 Å². The maximum atomic E-state index is 13.6. The SMILES string of the molecule is CCCCCC(O)C(CCCCC)C(=O)CCc1ccc2c(c1)OC1C(C#CC(O)c3ccc(C(N)N)cc3CC3=C4C[NH+]1C=C4N=C3)CC#CO2. The summed E-state index contributed by atoms with van der Waals surface area (Å²) in [6.07, 6.45) is 13.4. The van der Waals surface area contributed by atoms with E-state index in [1.54, 1.807) is 0 Å². The van der Waals surface area contributed by atoms with Crippen molar-refractivity contribution in [3.05, 3.63) is 81.7 Å². The molecule has 0 amide bonds. The molecule has 6 unspecified atom stereocenters. The van der Waals surface area contributed by atoms with Crippen molar-refractivity contribution in [2.75, 3.05) is 6.54 Å². The number of nitrogens with two attached hydrogens (primary N) is 2. The van der Waals surface area contributed by atoms with Crippen LogP contribution in [0.1, 0.15) is 113 Å². The molecule has 0 fully saturated rings. The molecule has 9 heteroatoms. The lowest BCUT2D eigenvalue weighted by Crippen LogP contribution is -3.12. The number of aryl methyl sites for hydroxylation is 1. The van der Waals surface area contributed by atoms with Gasteiger partial charge >= 0.3 is 0 Å². The number of hydrogen-bond acceptors (Lipinski definition) is 8. The van der Waals surface area contributed by atoms with Crippen LogP contribution >= 0.6 is 0 Å². The van der Waals surface area contributed by atoms with Crippen molar-refractivity contribution in [3.63, 3.8) is 0 Å².